The molecule has 0 spiro atoms. The van der Waals surface area contributed by atoms with Crippen LogP contribution in [0.3, 0.4) is 0 Å². The third-order valence-electron chi connectivity index (χ3n) is 5.08. The van der Waals surface area contributed by atoms with Gasteiger partial charge in [0.25, 0.3) is 0 Å². The van der Waals surface area contributed by atoms with E-state index in [1.165, 1.54) is 0 Å². The predicted molar refractivity (Wildman–Crippen MR) is 112 cm³/mol. The van der Waals surface area contributed by atoms with Crippen molar-refractivity contribution in [3.8, 4) is 34.4 Å². The van der Waals surface area contributed by atoms with Gasteiger partial charge in [-0.1, -0.05) is 26.0 Å². The molecule has 0 saturated heterocycles. The second-order valence-corrected chi connectivity index (χ2v) is 6.95. The van der Waals surface area contributed by atoms with E-state index >= 15 is 0 Å². The number of benzene rings is 2. The van der Waals surface area contributed by atoms with Gasteiger partial charge in [0, 0.05) is 22.3 Å². The molecule has 0 unspecified atom stereocenters. The van der Waals surface area contributed by atoms with E-state index in [-0.39, 0.29) is 0 Å². The maximum absolute atomic E-state index is 6.29. The van der Waals surface area contributed by atoms with E-state index in [1.54, 1.807) is 12.5 Å². The fourth-order valence-electron chi connectivity index (χ4n) is 3.22. The zero-order valence-electron chi connectivity index (χ0n) is 17.2. The minimum atomic E-state index is 0.613. The maximum atomic E-state index is 6.29. The normalized spacial score (nSPS) is 11.0. The average Bonchev–Trinajstić information content (AvgIpc) is 3.40. The summed E-state index contributed by atoms with van der Waals surface area (Å²) >= 11 is 0. The Kier molecular flexibility index (Phi) is 5.21. The fraction of sp³-hybridized carbons (Fsp3) is 0.250. The molecule has 0 bridgehead atoms. The van der Waals surface area contributed by atoms with Crippen molar-refractivity contribution in [2.75, 3.05) is 0 Å². The highest BCUT2D eigenvalue weighted by Crippen LogP contribution is 2.36. The molecule has 29 heavy (non-hydrogen) atoms. The van der Waals surface area contributed by atoms with E-state index in [2.05, 4.69) is 23.8 Å². The van der Waals surface area contributed by atoms with Crippen molar-refractivity contribution in [2.45, 2.75) is 40.5 Å². The van der Waals surface area contributed by atoms with Crippen molar-refractivity contribution in [3.05, 3.63) is 71.4 Å². The number of aromatic nitrogens is 2. The summed E-state index contributed by atoms with van der Waals surface area (Å²) in [5.41, 5.74) is 5.68. The minimum Gasteiger partial charge on any atom is -0.457 e. The highest BCUT2D eigenvalue weighted by Gasteiger charge is 2.16. The van der Waals surface area contributed by atoms with Crippen molar-refractivity contribution in [1.29, 1.82) is 0 Å². The summed E-state index contributed by atoms with van der Waals surface area (Å²) in [4.78, 5) is 9.09. The summed E-state index contributed by atoms with van der Waals surface area (Å²) in [7, 11) is 0. The van der Waals surface area contributed by atoms with Crippen molar-refractivity contribution in [3.63, 3.8) is 0 Å². The quantitative estimate of drug-likeness (QED) is 0.376. The molecular weight excluding hydrogens is 364 g/mol. The van der Waals surface area contributed by atoms with Crippen molar-refractivity contribution < 1.29 is 13.6 Å². The molecule has 2 aromatic heterocycles. The van der Waals surface area contributed by atoms with Crippen LogP contribution in [-0.2, 0) is 12.8 Å². The van der Waals surface area contributed by atoms with Crippen molar-refractivity contribution in [1.82, 2.24) is 9.97 Å². The molecule has 0 radical (unpaired) electrons. The molecule has 148 valence electrons. The average molecular weight is 388 g/mol. The highest BCUT2D eigenvalue weighted by molar-refractivity contribution is 5.65. The van der Waals surface area contributed by atoms with E-state index in [0.29, 0.717) is 11.8 Å². The third-order valence-corrected chi connectivity index (χ3v) is 5.08. The van der Waals surface area contributed by atoms with Crippen LogP contribution in [0.5, 0.6) is 11.5 Å². The van der Waals surface area contributed by atoms with Gasteiger partial charge in [-0.2, -0.15) is 0 Å². The van der Waals surface area contributed by atoms with Crippen LogP contribution in [0.2, 0.25) is 0 Å². The summed E-state index contributed by atoms with van der Waals surface area (Å²) < 4.78 is 17.6. The first-order valence-electron chi connectivity index (χ1n) is 9.87. The second kappa shape index (κ2) is 7.95. The summed E-state index contributed by atoms with van der Waals surface area (Å²) in [6, 6.07) is 11.8. The lowest BCUT2D eigenvalue weighted by Gasteiger charge is -2.14. The SMILES string of the molecule is CCc1coc(-c2cccc(Oc3cccc(-c4nc(CC)co4)c3C)c2C)n1. The molecule has 0 fully saturated rings. The second-order valence-electron chi connectivity index (χ2n) is 6.95. The number of rotatable bonds is 6. The molecule has 5 nitrogen and oxygen atoms in total. The van der Waals surface area contributed by atoms with E-state index in [1.807, 2.05) is 50.2 Å². The van der Waals surface area contributed by atoms with Gasteiger partial charge in [-0.25, -0.2) is 9.97 Å². The smallest absolute Gasteiger partial charge is 0.226 e. The number of aryl methyl sites for hydroxylation is 2. The highest BCUT2D eigenvalue weighted by atomic mass is 16.5. The fourth-order valence-corrected chi connectivity index (χ4v) is 3.22. The molecule has 0 aliphatic rings. The minimum absolute atomic E-state index is 0.613. The predicted octanol–water partition coefficient (Wildman–Crippen LogP) is 6.53. The molecule has 0 N–H and O–H groups in total. The van der Waals surface area contributed by atoms with Crippen molar-refractivity contribution >= 4 is 0 Å². The van der Waals surface area contributed by atoms with Gasteiger partial charge in [-0.15, -0.1) is 0 Å². The van der Waals surface area contributed by atoms with Crippen LogP contribution in [0, 0.1) is 13.8 Å². The lowest BCUT2D eigenvalue weighted by atomic mass is 10.1. The summed E-state index contributed by atoms with van der Waals surface area (Å²) in [6.07, 6.45) is 5.09. The Labute approximate surface area is 170 Å². The van der Waals surface area contributed by atoms with E-state index in [9.17, 15) is 0 Å². The molecule has 2 aromatic carbocycles. The van der Waals surface area contributed by atoms with Crippen LogP contribution in [0.15, 0.2) is 57.8 Å². The molecule has 4 aromatic rings. The Morgan fingerprint density at radius 2 is 1.17 bits per heavy atom. The number of ether oxygens (including phenoxy) is 1. The monoisotopic (exact) mass is 388 g/mol. The number of oxazole rings is 2. The molecule has 2 heterocycles. The summed E-state index contributed by atoms with van der Waals surface area (Å²) in [5.74, 6) is 2.76. The van der Waals surface area contributed by atoms with Gasteiger partial charge in [0.05, 0.1) is 11.4 Å². The number of hydrogen-bond acceptors (Lipinski definition) is 5. The molecule has 0 atom stereocenters. The first-order valence-corrected chi connectivity index (χ1v) is 9.87. The van der Waals surface area contributed by atoms with E-state index in [0.717, 1.165) is 58.0 Å². The molecule has 4 rings (SSSR count). The van der Waals surface area contributed by atoms with Gasteiger partial charge in [-0.3, -0.25) is 0 Å². The topological polar surface area (TPSA) is 61.3 Å². The molecule has 0 amide bonds. The van der Waals surface area contributed by atoms with Crippen LogP contribution in [0.25, 0.3) is 22.9 Å². The Hall–Kier alpha value is -3.34. The Bertz CT molecular complexity index is 1050. The molecule has 5 heteroatoms. The summed E-state index contributed by atoms with van der Waals surface area (Å²) in [5, 5.41) is 0. The molecule has 0 saturated carbocycles. The van der Waals surface area contributed by atoms with Crippen LogP contribution in [-0.4, -0.2) is 9.97 Å². The third kappa shape index (κ3) is 3.68. The molecule has 0 aliphatic heterocycles. The van der Waals surface area contributed by atoms with Gasteiger partial charge >= 0.3 is 0 Å². The molecule has 0 aliphatic carbocycles. The lowest BCUT2D eigenvalue weighted by Crippen LogP contribution is -1.94. The van der Waals surface area contributed by atoms with Crippen LogP contribution >= 0.6 is 0 Å². The Balaban J connectivity index is 1.68. The molecular formula is C24H24N2O3. The Morgan fingerprint density at radius 1 is 0.724 bits per heavy atom. The first kappa shape index (κ1) is 19.0. The van der Waals surface area contributed by atoms with E-state index < -0.39 is 0 Å². The van der Waals surface area contributed by atoms with Crippen LogP contribution < -0.4 is 4.74 Å². The first-order chi connectivity index (χ1) is 14.1. The maximum Gasteiger partial charge on any atom is 0.226 e. The van der Waals surface area contributed by atoms with Crippen molar-refractivity contribution in [2.24, 2.45) is 0 Å². The largest absolute Gasteiger partial charge is 0.457 e. The zero-order chi connectivity index (χ0) is 20.4. The lowest BCUT2D eigenvalue weighted by molar-refractivity contribution is 0.474. The van der Waals surface area contributed by atoms with Gasteiger partial charge in [-0.05, 0) is 51.0 Å². The number of nitrogens with zero attached hydrogens (tertiary/aromatic N) is 2. The number of hydrogen-bond donors (Lipinski definition) is 0. The summed E-state index contributed by atoms with van der Waals surface area (Å²) in [6.45, 7) is 8.14. The van der Waals surface area contributed by atoms with E-state index in [4.69, 9.17) is 13.6 Å². The van der Waals surface area contributed by atoms with Gasteiger partial charge in [0.2, 0.25) is 11.8 Å². The van der Waals surface area contributed by atoms with Crippen LogP contribution in [0.4, 0.5) is 0 Å². The standard InChI is InChI=1S/C24H24N2O3/c1-5-17-13-27-23(25-17)19-9-7-11-21(15(19)3)29-22-12-8-10-20(16(22)4)24-26-18(6-2)14-28-24/h7-14H,5-6H2,1-4H3. The Morgan fingerprint density at radius 3 is 1.55 bits per heavy atom. The van der Waals surface area contributed by atoms with Gasteiger partial charge in [0.15, 0.2) is 0 Å². The van der Waals surface area contributed by atoms with Gasteiger partial charge < -0.3 is 13.6 Å². The van der Waals surface area contributed by atoms with Gasteiger partial charge in [0.1, 0.15) is 24.0 Å². The van der Waals surface area contributed by atoms with Crippen LogP contribution in [0.1, 0.15) is 36.4 Å². The zero-order valence-corrected chi connectivity index (χ0v) is 17.2.